The standard InChI is InChI=1S/C57H49N3O5S2/c1-5-50(58-4)40-16-17-41-32-43(56(62)64-51(41)34-40)14-8-37-10-21-45(22-11-37)60(47-25-18-39(19-26-47)53-30-31-55(67-53)54-29-28-49(36-61)66-54)46-23-12-38(13-24-46)9-15-44-33-42-20-27-48(59(6-2)7-3)35-52(42)65-57(44)63/h8-36,50,58H,5-7H2,1-4H3/b14-8+,15-9+. The predicted octanol–water partition coefficient (Wildman–Crippen LogP) is 14.5. The van der Waals surface area contributed by atoms with E-state index in [9.17, 15) is 14.4 Å². The van der Waals surface area contributed by atoms with Crippen molar-refractivity contribution in [3.8, 4) is 20.2 Å². The Morgan fingerprint density at radius 2 is 1.06 bits per heavy atom. The lowest BCUT2D eigenvalue weighted by Crippen LogP contribution is -2.21. The van der Waals surface area contributed by atoms with Crippen LogP contribution in [0.15, 0.2) is 164 Å². The average Bonchev–Trinajstić information content (AvgIpc) is 4.06. The topological polar surface area (TPSA) is 96.0 Å². The van der Waals surface area contributed by atoms with Crippen molar-refractivity contribution >= 4 is 98.0 Å². The van der Waals surface area contributed by atoms with E-state index in [1.54, 1.807) is 23.5 Å². The third-order valence-electron chi connectivity index (χ3n) is 12.0. The van der Waals surface area contributed by atoms with E-state index in [4.69, 9.17) is 8.83 Å². The summed E-state index contributed by atoms with van der Waals surface area (Å²) in [6.45, 7) is 8.07. The van der Waals surface area contributed by atoms with Crippen LogP contribution >= 0.6 is 22.7 Å². The van der Waals surface area contributed by atoms with Crippen molar-refractivity contribution < 1.29 is 13.6 Å². The second kappa shape index (κ2) is 20.0. The van der Waals surface area contributed by atoms with Crippen LogP contribution in [0.4, 0.5) is 22.7 Å². The largest absolute Gasteiger partial charge is 0.422 e. The lowest BCUT2D eigenvalue weighted by Gasteiger charge is -2.26. The summed E-state index contributed by atoms with van der Waals surface area (Å²) in [6, 6.07) is 49.0. The minimum Gasteiger partial charge on any atom is -0.422 e. The van der Waals surface area contributed by atoms with Crippen molar-refractivity contribution in [1.29, 1.82) is 0 Å². The molecule has 0 bridgehead atoms. The highest BCUT2D eigenvalue weighted by atomic mass is 32.1. The van der Waals surface area contributed by atoms with Gasteiger partial charge in [0.25, 0.3) is 0 Å². The molecule has 1 unspecified atom stereocenters. The molecule has 0 saturated heterocycles. The monoisotopic (exact) mass is 919 g/mol. The predicted molar refractivity (Wildman–Crippen MR) is 282 cm³/mol. The molecule has 0 aliphatic heterocycles. The Kier molecular flexibility index (Phi) is 13.4. The SMILES string of the molecule is CCC(NC)c1ccc2cc(/C=C/c3ccc(N(c4ccc(/C=C/c5cc6ccc(N(CC)CC)cc6oc5=O)cc4)c4ccc(-c5ccc(-c6ccc(C=O)s6)s5)cc4)cc3)c(=O)oc2c1. The maximum atomic E-state index is 13.1. The van der Waals surface area contributed by atoms with Gasteiger partial charge in [-0.3, -0.25) is 4.79 Å². The Balaban J connectivity index is 0.991. The summed E-state index contributed by atoms with van der Waals surface area (Å²) >= 11 is 3.20. The van der Waals surface area contributed by atoms with Crippen LogP contribution in [0, 0.1) is 0 Å². The number of hydrogen-bond donors (Lipinski definition) is 1. The van der Waals surface area contributed by atoms with Crippen LogP contribution in [0.3, 0.4) is 0 Å². The zero-order valence-electron chi connectivity index (χ0n) is 37.7. The summed E-state index contributed by atoms with van der Waals surface area (Å²) in [7, 11) is 1.93. The van der Waals surface area contributed by atoms with Crippen LogP contribution in [0.2, 0.25) is 0 Å². The van der Waals surface area contributed by atoms with Gasteiger partial charge in [0.05, 0.1) is 16.0 Å². The molecule has 9 aromatic rings. The molecule has 334 valence electrons. The van der Waals surface area contributed by atoms with Crippen LogP contribution in [0.25, 0.3) is 66.4 Å². The average molecular weight is 920 g/mol. The number of carbonyl (C=O) groups is 1. The van der Waals surface area contributed by atoms with Crippen molar-refractivity contribution in [2.45, 2.75) is 33.2 Å². The lowest BCUT2D eigenvalue weighted by atomic mass is 10.0. The smallest absolute Gasteiger partial charge is 0.343 e. The van der Waals surface area contributed by atoms with Gasteiger partial charge < -0.3 is 24.0 Å². The highest BCUT2D eigenvalue weighted by Gasteiger charge is 2.15. The minimum atomic E-state index is -0.384. The fraction of sp³-hybridized carbons (Fsp3) is 0.140. The van der Waals surface area contributed by atoms with Crippen LogP contribution in [0.5, 0.6) is 0 Å². The Morgan fingerprint density at radius 1 is 0.552 bits per heavy atom. The summed E-state index contributed by atoms with van der Waals surface area (Å²) in [6.07, 6.45) is 9.28. The maximum absolute atomic E-state index is 13.1. The molecular weight excluding hydrogens is 871 g/mol. The highest BCUT2D eigenvalue weighted by molar-refractivity contribution is 7.24. The molecule has 0 aliphatic rings. The number of aldehydes is 1. The number of rotatable bonds is 16. The van der Waals surface area contributed by atoms with Crippen molar-refractivity contribution in [2.75, 3.05) is 29.9 Å². The molecule has 1 atom stereocenters. The lowest BCUT2D eigenvalue weighted by molar-refractivity contribution is 0.112. The van der Waals surface area contributed by atoms with Gasteiger partial charge in [-0.05, 0) is 153 Å². The summed E-state index contributed by atoms with van der Waals surface area (Å²) in [5.41, 5.74) is 9.26. The summed E-state index contributed by atoms with van der Waals surface area (Å²) in [5, 5.41) is 5.04. The van der Waals surface area contributed by atoms with Crippen molar-refractivity contribution in [3.05, 3.63) is 199 Å². The first-order chi connectivity index (χ1) is 32.7. The quantitative estimate of drug-likeness (QED) is 0.0756. The zero-order valence-corrected chi connectivity index (χ0v) is 39.3. The Morgan fingerprint density at radius 3 is 1.60 bits per heavy atom. The Bertz CT molecular complexity index is 3210. The third kappa shape index (κ3) is 9.78. The molecule has 4 heterocycles. The molecule has 0 amide bonds. The van der Waals surface area contributed by atoms with Gasteiger partial charge in [0, 0.05) is 73.4 Å². The molecule has 0 fully saturated rings. The van der Waals surface area contributed by atoms with Crippen molar-refractivity contribution in [3.63, 3.8) is 0 Å². The number of hydrogen-bond acceptors (Lipinski definition) is 10. The van der Waals surface area contributed by atoms with Crippen LogP contribution in [-0.2, 0) is 0 Å². The van der Waals surface area contributed by atoms with Gasteiger partial charge in [-0.25, -0.2) is 9.59 Å². The van der Waals surface area contributed by atoms with Gasteiger partial charge in [0.1, 0.15) is 11.2 Å². The van der Waals surface area contributed by atoms with Gasteiger partial charge in [-0.1, -0.05) is 67.6 Å². The van der Waals surface area contributed by atoms with Crippen LogP contribution in [0.1, 0.15) is 70.7 Å². The molecule has 8 nitrogen and oxygen atoms in total. The first-order valence-corrected chi connectivity index (χ1v) is 24.1. The number of fused-ring (bicyclic) bond motifs is 2. The van der Waals surface area contributed by atoms with Gasteiger partial charge >= 0.3 is 11.3 Å². The van der Waals surface area contributed by atoms with E-state index in [0.29, 0.717) is 27.2 Å². The number of benzene rings is 5. The van der Waals surface area contributed by atoms with E-state index in [2.05, 4.69) is 109 Å². The molecule has 4 aromatic heterocycles. The first kappa shape index (κ1) is 44.8. The molecule has 0 spiro atoms. The molecule has 0 aliphatic carbocycles. The summed E-state index contributed by atoms with van der Waals surface area (Å²) < 4.78 is 11.6. The number of thiophene rings is 2. The molecular formula is C57H49N3O5S2. The van der Waals surface area contributed by atoms with E-state index >= 15 is 0 Å². The Hall–Kier alpha value is -7.37. The summed E-state index contributed by atoms with van der Waals surface area (Å²) in [5.74, 6) is 0. The minimum absolute atomic E-state index is 0.186. The molecule has 67 heavy (non-hydrogen) atoms. The van der Waals surface area contributed by atoms with Crippen molar-refractivity contribution in [2.24, 2.45) is 0 Å². The van der Waals surface area contributed by atoms with Crippen LogP contribution in [-0.4, -0.2) is 26.4 Å². The van der Waals surface area contributed by atoms with E-state index in [-0.39, 0.29) is 17.3 Å². The molecule has 10 heteroatoms. The maximum Gasteiger partial charge on any atom is 0.343 e. The zero-order chi connectivity index (χ0) is 46.4. The fourth-order valence-electron chi connectivity index (χ4n) is 8.34. The molecule has 0 radical (unpaired) electrons. The van der Waals surface area contributed by atoms with E-state index in [1.807, 2.05) is 92.0 Å². The van der Waals surface area contributed by atoms with Gasteiger partial charge in [0.15, 0.2) is 6.29 Å². The van der Waals surface area contributed by atoms with E-state index < -0.39 is 0 Å². The highest BCUT2D eigenvalue weighted by Crippen LogP contribution is 2.40. The number of carbonyl (C=O) groups excluding carboxylic acids is 1. The molecule has 5 aromatic carbocycles. The summed E-state index contributed by atoms with van der Waals surface area (Å²) in [4.78, 5) is 46.0. The third-order valence-corrected chi connectivity index (χ3v) is 14.4. The van der Waals surface area contributed by atoms with Gasteiger partial charge in [-0.15, -0.1) is 22.7 Å². The molecule has 9 rings (SSSR count). The molecule has 1 N–H and O–H groups in total. The second-order valence-corrected chi connectivity index (χ2v) is 18.3. The Labute approximate surface area is 397 Å². The first-order valence-electron chi connectivity index (χ1n) is 22.4. The van der Waals surface area contributed by atoms with Gasteiger partial charge in [0.2, 0.25) is 0 Å². The van der Waals surface area contributed by atoms with Gasteiger partial charge in [-0.2, -0.15) is 0 Å². The second-order valence-electron chi connectivity index (χ2n) is 16.1. The number of anilines is 4. The fourth-order valence-corrected chi connectivity index (χ4v) is 10.3. The number of nitrogens with zero attached hydrogens (tertiary/aromatic N) is 2. The number of nitrogens with one attached hydrogen (secondary N) is 1. The van der Waals surface area contributed by atoms with E-state index in [1.165, 1.54) is 11.3 Å². The van der Waals surface area contributed by atoms with Crippen LogP contribution < -0.4 is 26.4 Å². The van der Waals surface area contributed by atoms with Crippen molar-refractivity contribution in [1.82, 2.24) is 5.32 Å². The normalized spacial score (nSPS) is 12.1. The molecule has 0 saturated carbocycles. The van der Waals surface area contributed by atoms with E-state index in [0.717, 1.165) is 96.2 Å².